The molecule has 0 amide bonds. The molecule has 0 spiro atoms. The third kappa shape index (κ3) is 4.23. The van der Waals surface area contributed by atoms with E-state index in [9.17, 15) is 14.3 Å². The van der Waals surface area contributed by atoms with Gasteiger partial charge in [-0.25, -0.2) is 14.2 Å². The van der Waals surface area contributed by atoms with E-state index in [0.29, 0.717) is 13.2 Å². The minimum Gasteiger partial charge on any atom is -0.477 e. The standard InChI is InChI=1S/C24H21FN2O3/c1-16(18-5-3-2-4-6-18)30-15-19-14-27(13-17-7-9-20(25)10-8-17)23-12-26-22(24(28)29)11-21(19)23/h2-12,14,16H,13,15H2,1H3,(H,28,29)/t16-/m1/s1. The lowest BCUT2D eigenvalue weighted by atomic mass is 10.1. The quantitative estimate of drug-likeness (QED) is 0.460. The van der Waals surface area contributed by atoms with E-state index in [1.54, 1.807) is 24.4 Å². The third-order valence-corrected chi connectivity index (χ3v) is 5.09. The number of hydrogen-bond acceptors (Lipinski definition) is 3. The van der Waals surface area contributed by atoms with Crippen LogP contribution in [0.25, 0.3) is 10.9 Å². The highest BCUT2D eigenvalue weighted by Gasteiger charge is 2.15. The molecule has 4 aromatic rings. The summed E-state index contributed by atoms with van der Waals surface area (Å²) in [6.07, 6.45) is 3.40. The van der Waals surface area contributed by atoms with Crippen molar-refractivity contribution < 1.29 is 19.0 Å². The maximum Gasteiger partial charge on any atom is 0.354 e. The van der Waals surface area contributed by atoms with Gasteiger partial charge in [-0.05, 0) is 36.2 Å². The van der Waals surface area contributed by atoms with Crippen molar-refractivity contribution in [2.45, 2.75) is 26.2 Å². The average molecular weight is 404 g/mol. The van der Waals surface area contributed by atoms with Crippen LogP contribution in [-0.2, 0) is 17.9 Å². The topological polar surface area (TPSA) is 64.4 Å². The molecule has 0 unspecified atom stereocenters. The van der Waals surface area contributed by atoms with Gasteiger partial charge in [0.1, 0.15) is 11.5 Å². The highest BCUT2D eigenvalue weighted by Crippen LogP contribution is 2.26. The molecule has 30 heavy (non-hydrogen) atoms. The van der Waals surface area contributed by atoms with E-state index >= 15 is 0 Å². The predicted molar refractivity (Wildman–Crippen MR) is 112 cm³/mol. The van der Waals surface area contributed by atoms with Crippen LogP contribution in [0, 0.1) is 5.82 Å². The molecule has 1 N–H and O–H groups in total. The van der Waals surface area contributed by atoms with Crippen molar-refractivity contribution in [3.63, 3.8) is 0 Å². The summed E-state index contributed by atoms with van der Waals surface area (Å²) >= 11 is 0. The fraction of sp³-hybridized carbons (Fsp3) is 0.167. The van der Waals surface area contributed by atoms with Crippen molar-refractivity contribution in [1.29, 1.82) is 0 Å². The molecular weight excluding hydrogens is 383 g/mol. The number of benzene rings is 2. The summed E-state index contributed by atoms with van der Waals surface area (Å²) in [5.41, 5.74) is 3.66. The molecule has 1 atom stereocenters. The number of hydrogen-bond donors (Lipinski definition) is 1. The third-order valence-electron chi connectivity index (χ3n) is 5.09. The first-order valence-corrected chi connectivity index (χ1v) is 9.63. The minimum atomic E-state index is -1.08. The molecule has 0 radical (unpaired) electrons. The van der Waals surface area contributed by atoms with Gasteiger partial charge in [-0.3, -0.25) is 0 Å². The summed E-state index contributed by atoms with van der Waals surface area (Å²) < 4.78 is 21.3. The Labute approximate surface area is 173 Å². The van der Waals surface area contributed by atoms with Gasteiger partial charge in [0.2, 0.25) is 0 Å². The Bertz CT molecular complexity index is 1170. The van der Waals surface area contributed by atoms with Crippen molar-refractivity contribution in [3.8, 4) is 0 Å². The van der Waals surface area contributed by atoms with Gasteiger partial charge in [-0.2, -0.15) is 0 Å². The summed E-state index contributed by atoms with van der Waals surface area (Å²) in [6, 6.07) is 17.8. The van der Waals surface area contributed by atoms with Gasteiger partial charge in [-0.15, -0.1) is 0 Å². The maximum atomic E-state index is 13.2. The van der Waals surface area contributed by atoms with Crippen molar-refractivity contribution in [2.75, 3.05) is 0 Å². The fourth-order valence-corrected chi connectivity index (χ4v) is 3.45. The van der Waals surface area contributed by atoms with Crippen molar-refractivity contribution >= 4 is 16.9 Å². The van der Waals surface area contributed by atoms with Gasteiger partial charge in [0, 0.05) is 23.7 Å². The van der Waals surface area contributed by atoms with Crippen molar-refractivity contribution in [3.05, 3.63) is 101 Å². The summed E-state index contributed by atoms with van der Waals surface area (Å²) in [7, 11) is 0. The van der Waals surface area contributed by atoms with Crippen LogP contribution in [-0.4, -0.2) is 20.6 Å². The van der Waals surface area contributed by atoms with Crippen LogP contribution < -0.4 is 0 Å². The van der Waals surface area contributed by atoms with E-state index in [4.69, 9.17) is 4.74 Å². The summed E-state index contributed by atoms with van der Waals surface area (Å²) in [5.74, 6) is -1.36. The summed E-state index contributed by atoms with van der Waals surface area (Å²) in [5, 5.41) is 10.1. The Morgan fingerprint density at radius 3 is 2.60 bits per heavy atom. The van der Waals surface area contributed by atoms with E-state index in [1.165, 1.54) is 12.1 Å². The number of ether oxygens (including phenoxy) is 1. The van der Waals surface area contributed by atoms with Crippen LogP contribution in [0.3, 0.4) is 0 Å². The highest BCUT2D eigenvalue weighted by molar-refractivity contribution is 5.92. The van der Waals surface area contributed by atoms with Gasteiger partial charge in [-0.1, -0.05) is 42.5 Å². The average Bonchev–Trinajstić information content (AvgIpc) is 3.11. The number of halogens is 1. The second-order valence-corrected chi connectivity index (χ2v) is 7.16. The SMILES string of the molecule is C[C@@H](OCc1cn(Cc2ccc(F)cc2)c2cnc(C(=O)O)cc12)c1ccccc1. The molecule has 2 aromatic carbocycles. The zero-order valence-electron chi connectivity index (χ0n) is 16.5. The number of carboxylic acids is 1. The Morgan fingerprint density at radius 1 is 1.17 bits per heavy atom. The number of pyridine rings is 1. The molecule has 0 saturated heterocycles. The van der Waals surface area contributed by atoms with E-state index in [0.717, 1.165) is 27.6 Å². The molecule has 4 rings (SSSR count). The zero-order chi connectivity index (χ0) is 21.1. The van der Waals surface area contributed by atoms with Crippen LogP contribution in [0.2, 0.25) is 0 Å². The number of carbonyl (C=O) groups is 1. The van der Waals surface area contributed by atoms with E-state index < -0.39 is 5.97 Å². The molecule has 0 saturated carbocycles. The number of aromatic nitrogens is 2. The van der Waals surface area contributed by atoms with Gasteiger partial charge >= 0.3 is 5.97 Å². The van der Waals surface area contributed by atoms with Crippen LogP contribution >= 0.6 is 0 Å². The van der Waals surface area contributed by atoms with Crippen LogP contribution in [0.4, 0.5) is 4.39 Å². The Morgan fingerprint density at radius 2 is 1.90 bits per heavy atom. The first-order chi connectivity index (χ1) is 14.5. The van der Waals surface area contributed by atoms with E-state index in [1.807, 2.05) is 48.0 Å². The van der Waals surface area contributed by atoms with Crippen molar-refractivity contribution in [1.82, 2.24) is 9.55 Å². The molecule has 0 aliphatic heterocycles. The van der Waals surface area contributed by atoms with E-state index in [2.05, 4.69) is 4.98 Å². The Kier molecular flexibility index (Phi) is 5.59. The number of rotatable bonds is 7. The Balaban J connectivity index is 1.65. The second-order valence-electron chi connectivity index (χ2n) is 7.16. The number of nitrogens with zero attached hydrogens (tertiary/aromatic N) is 2. The molecule has 0 aliphatic rings. The zero-order valence-corrected chi connectivity index (χ0v) is 16.5. The number of aromatic carboxylic acids is 1. The molecule has 0 fully saturated rings. The molecular formula is C24H21FN2O3. The van der Waals surface area contributed by atoms with Gasteiger partial charge < -0.3 is 14.4 Å². The smallest absolute Gasteiger partial charge is 0.354 e. The monoisotopic (exact) mass is 404 g/mol. The van der Waals surface area contributed by atoms with Crippen LogP contribution in [0.1, 0.15) is 40.2 Å². The minimum absolute atomic E-state index is 0.0145. The second kappa shape index (κ2) is 8.47. The predicted octanol–water partition coefficient (Wildman–Crippen LogP) is 5.20. The lowest BCUT2D eigenvalue weighted by Crippen LogP contribution is -2.01. The normalized spacial score (nSPS) is 12.2. The molecule has 0 aliphatic carbocycles. The largest absolute Gasteiger partial charge is 0.477 e. The molecule has 2 aromatic heterocycles. The fourth-order valence-electron chi connectivity index (χ4n) is 3.45. The van der Waals surface area contributed by atoms with Crippen LogP contribution in [0.5, 0.6) is 0 Å². The van der Waals surface area contributed by atoms with Gasteiger partial charge in [0.25, 0.3) is 0 Å². The summed E-state index contributed by atoms with van der Waals surface area (Å²) in [6.45, 7) is 2.82. The van der Waals surface area contributed by atoms with Gasteiger partial charge in [0.05, 0.1) is 24.4 Å². The number of fused-ring (bicyclic) bond motifs is 1. The highest BCUT2D eigenvalue weighted by atomic mass is 19.1. The lowest BCUT2D eigenvalue weighted by Gasteiger charge is -2.13. The molecule has 2 heterocycles. The first kappa shape index (κ1) is 19.8. The maximum absolute atomic E-state index is 13.2. The summed E-state index contributed by atoms with van der Waals surface area (Å²) in [4.78, 5) is 15.5. The van der Waals surface area contributed by atoms with Crippen LogP contribution in [0.15, 0.2) is 73.1 Å². The lowest BCUT2D eigenvalue weighted by molar-refractivity contribution is 0.0531. The van der Waals surface area contributed by atoms with E-state index in [-0.39, 0.29) is 17.6 Å². The Hall–Kier alpha value is -3.51. The van der Waals surface area contributed by atoms with Crippen molar-refractivity contribution in [2.24, 2.45) is 0 Å². The molecule has 5 nitrogen and oxygen atoms in total. The van der Waals surface area contributed by atoms with Gasteiger partial charge in [0.15, 0.2) is 0 Å². The first-order valence-electron chi connectivity index (χ1n) is 9.63. The molecule has 152 valence electrons. The molecule has 0 bridgehead atoms. The molecule has 6 heteroatoms. The number of carboxylic acid groups (broad SMARTS) is 1.